The smallest absolute Gasteiger partial charge is 0.186 e. The summed E-state index contributed by atoms with van der Waals surface area (Å²) in [6, 6.07) is 7.04. The summed E-state index contributed by atoms with van der Waals surface area (Å²) in [5.41, 5.74) is 1.54. The average Bonchev–Trinajstić information content (AvgIpc) is 2.39. The van der Waals surface area contributed by atoms with Crippen molar-refractivity contribution in [1.82, 2.24) is 0 Å². The number of rotatable bonds is 1. The Bertz CT molecular complexity index is 558. The van der Waals surface area contributed by atoms with Crippen molar-refractivity contribution in [1.29, 1.82) is 0 Å². The van der Waals surface area contributed by atoms with Crippen LogP contribution in [0.2, 0.25) is 0 Å². The first-order chi connectivity index (χ1) is 8.36. The number of benzene rings is 1. The largest absolute Gasteiger partial charge is 0.471 e. The summed E-state index contributed by atoms with van der Waals surface area (Å²) in [6.45, 7) is 0.245. The first-order valence-electron chi connectivity index (χ1n) is 5.36. The van der Waals surface area contributed by atoms with Gasteiger partial charge in [0.1, 0.15) is 5.75 Å². The zero-order chi connectivity index (χ0) is 11.7. The van der Waals surface area contributed by atoms with Crippen LogP contribution in [0.4, 0.5) is 0 Å². The average molecular weight is 226 g/mol. The number of allylic oxidation sites excluding steroid dienone is 1. The van der Waals surface area contributed by atoms with Crippen molar-refractivity contribution in [3.63, 3.8) is 0 Å². The highest BCUT2D eigenvalue weighted by atomic mass is 16.5. The number of aliphatic imine (C=N–C) groups is 2. The third-order valence-electron chi connectivity index (χ3n) is 2.73. The maximum Gasteiger partial charge on any atom is 0.186 e. The molecule has 1 aromatic carbocycles. The van der Waals surface area contributed by atoms with E-state index in [-0.39, 0.29) is 12.5 Å². The van der Waals surface area contributed by atoms with E-state index < -0.39 is 6.04 Å². The van der Waals surface area contributed by atoms with Gasteiger partial charge >= 0.3 is 0 Å². The quantitative estimate of drug-likeness (QED) is 0.726. The summed E-state index contributed by atoms with van der Waals surface area (Å²) >= 11 is 0. The summed E-state index contributed by atoms with van der Waals surface area (Å²) < 4.78 is 5.41. The van der Waals surface area contributed by atoms with Crippen LogP contribution in [0.25, 0.3) is 0 Å². The minimum atomic E-state index is -0.523. The summed E-state index contributed by atoms with van der Waals surface area (Å²) in [5, 5.41) is 0. The van der Waals surface area contributed by atoms with Gasteiger partial charge < -0.3 is 4.74 Å². The minimum absolute atomic E-state index is 0.0389. The monoisotopic (exact) mass is 226 g/mol. The molecule has 4 heteroatoms. The van der Waals surface area contributed by atoms with Crippen LogP contribution in [0.3, 0.4) is 0 Å². The van der Waals surface area contributed by atoms with Gasteiger partial charge in [0.05, 0.1) is 5.71 Å². The van der Waals surface area contributed by atoms with Gasteiger partial charge in [-0.1, -0.05) is 12.1 Å². The van der Waals surface area contributed by atoms with Crippen LogP contribution in [0, 0.1) is 0 Å². The van der Waals surface area contributed by atoms with Crippen molar-refractivity contribution in [2.75, 3.05) is 6.73 Å². The molecule has 0 saturated heterocycles. The lowest BCUT2D eigenvalue weighted by Gasteiger charge is -2.21. The van der Waals surface area contributed by atoms with Gasteiger partial charge in [-0.05, 0) is 24.3 Å². The standard InChI is InChI=1S/C13H10N2O2/c16-10-5-3-7-14-13(10)12-9-4-1-2-6-11(9)17-8-15-12/h1-7,13H,8H2. The van der Waals surface area contributed by atoms with Crippen LogP contribution in [0.15, 0.2) is 46.4 Å². The van der Waals surface area contributed by atoms with Crippen molar-refractivity contribution < 1.29 is 9.53 Å². The molecule has 0 fully saturated rings. The number of dihydropyridines is 1. The van der Waals surface area contributed by atoms with Crippen LogP contribution < -0.4 is 4.74 Å². The van der Waals surface area contributed by atoms with E-state index in [4.69, 9.17) is 4.74 Å². The Kier molecular flexibility index (Phi) is 2.33. The van der Waals surface area contributed by atoms with Crippen LogP contribution in [0.1, 0.15) is 5.56 Å². The highest BCUT2D eigenvalue weighted by Crippen LogP contribution is 2.25. The number of ketones is 1. The van der Waals surface area contributed by atoms with E-state index in [1.165, 1.54) is 6.08 Å². The van der Waals surface area contributed by atoms with Crippen LogP contribution in [-0.2, 0) is 4.79 Å². The summed E-state index contributed by atoms with van der Waals surface area (Å²) in [5.74, 6) is 0.720. The molecule has 0 aromatic heterocycles. The van der Waals surface area contributed by atoms with Gasteiger partial charge in [-0.25, -0.2) is 4.99 Å². The lowest BCUT2D eigenvalue weighted by atomic mass is 9.97. The Morgan fingerprint density at radius 2 is 2.18 bits per heavy atom. The maximum atomic E-state index is 11.8. The molecule has 0 saturated carbocycles. The Hall–Kier alpha value is -2.23. The maximum absolute atomic E-state index is 11.8. The molecule has 2 aliphatic heterocycles. The molecule has 0 bridgehead atoms. The SMILES string of the molecule is O=C1C=CC=NC1C1=NCOc2ccccc21. The van der Waals surface area contributed by atoms with E-state index in [1.807, 2.05) is 24.3 Å². The molecular formula is C13H10N2O2. The molecule has 0 amide bonds. The predicted molar refractivity (Wildman–Crippen MR) is 64.9 cm³/mol. The predicted octanol–water partition coefficient (Wildman–Crippen LogP) is 1.40. The van der Waals surface area contributed by atoms with Gasteiger partial charge in [-0.3, -0.25) is 9.79 Å². The van der Waals surface area contributed by atoms with E-state index in [1.54, 1.807) is 12.3 Å². The van der Waals surface area contributed by atoms with Crippen molar-refractivity contribution in [3.8, 4) is 5.75 Å². The fraction of sp³-hybridized carbons (Fsp3) is 0.154. The highest BCUT2D eigenvalue weighted by molar-refractivity contribution is 6.23. The van der Waals surface area contributed by atoms with Crippen molar-refractivity contribution in [3.05, 3.63) is 42.0 Å². The van der Waals surface area contributed by atoms with Crippen LogP contribution >= 0.6 is 0 Å². The number of carbonyl (C=O) groups excluding carboxylic acids is 1. The number of carbonyl (C=O) groups is 1. The molecule has 0 aliphatic carbocycles. The summed E-state index contributed by atoms with van der Waals surface area (Å²) in [7, 11) is 0. The topological polar surface area (TPSA) is 51.0 Å². The first-order valence-corrected chi connectivity index (χ1v) is 5.36. The third kappa shape index (κ3) is 1.67. The second-order valence-corrected chi connectivity index (χ2v) is 3.78. The number of nitrogens with zero attached hydrogens (tertiary/aromatic N) is 2. The number of fused-ring (bicyclic) bond motifs is 1. The first kappa shape index (κ1) is 9.96. The van der Waals surface area contributed by atoms with E-state index in [9.17, 15) is 4.79 Å². The third-order valence-corrected chi connectivity index (χ3v) is 2.73. The molecule has 4 nitrogen and oxygen atoms in total. The molecule has 2 heterocycles. The van der Waals surface area contributed by atoms with E-state index >= 15 is 0 Å². The van der Waals surface area contributed by atoms with E-state index in [0.717, 1.165) is 11.3 Å². The molecule has 1 atom stereocenters. The fourth-order valence-electron chi connectivity index (χ4n) is 1.94. The van der Waals surface area contributed by atoms with Gasteiger partial charge in [-0.15, -0.1) is 0 Å². The summed E-state index contributed by atoms with van der Waals surface area (Å²) in [6.07, 6.45) is 4.80. The second kappa shape index (κ2) is 3.97. The molecule has 0 N–H and O–H groups in total. The van der Waals surface area contributed by atoms with Crippen LogP contribution in [-0.4, -0.2) is 30.5 Å². The molecule has 1 aromatic rings. The molecule has 1 unspecified atom stereocenters. The molecule has 0 radical (unpaired) electrons. The van der Waals surface area contributed by atoms with E-state index in [2.05, 4.69) is 9.98 Å². The molecule has 0 spiro atoms. The zero-order valence-corrected chi connectivity index (χ0v) is 9.04. The Balaban J connectivity index is 2.04. The van der Waals surface area contributed by atoms with Crippen molar-refractivity contribution in [2.24, 2.45) is 9.98 Å². The molecule has 3 rings (SSSR count). The molecule has 2 aliphatic rings. The lowest BCUT2D eigenvalue weighted by Crippen LogP contribution is -2.32. The minimum Gasteiger partial charge on any atom is -0.471 e. The highest BCUT2D eigenvalue weighted by Gasteiger charge is 2.27. The Morgan fingerprint density at radius 1 is 1.29 bits per heavy atom. The summed E-state index contributed by atoms with van der Waals surface area (Å²) in [4.78, 5) is 20.2. The fourth-order valence-corrected chi connectivity index (χ4v) is 1.94. The molecular weight excluding hydrogens is 216 g/mol. The van der Waals surface area contributed by atoms with Crippen LogP contribution in [0.5, 0.6) is 5.75 Å². The number of para-hydroxylation sites is 1. The van der Waals surface area contributed by atoms with Crippen molar-refractivity contribution in [2.45, 2.75) is 6.04 Å². The lowest BCUT2D eigenvalue weighted by molar-refractivity contribution is -0.114. The number of hydrogen-bond donors (Lipinski definition) is 0. The van der Waals surface area contributed by atoms with Gasteiger partial charge in [-0.2, -0.15) is 0 Å². The van der Waals surface area contributed by atoms with Gasteiger partial charge in [0.2, 0.25) is 0 Å². The second-order valence-electron chi connectivity index (χ2n) is 3.78. The number of hydrogen-bond acceptors (Lipinski definition) is 4. The Morgan fingerprint density at radius 3 is 3.06 bits per heavy atom. The molecule has 84 valence electrons. The van der Waals surface area contributed by atoms with Gasteiger partial charge in [0.25, 0.3) is 0 Å². The van der Waals surface area contributed by atoms with Gasteiger partial charge in [0, 0.05) is 11.8 Å². The molecule has 17 heavy (non-hydrogen) atoms. The normalized spacial score (nSPS) is 21.8. The number of ether oxygens (including phenoxy) is 1. The van der Waals surface area contributed by atoms with Crippen molar-refractivity contribution >= 4 is 17.7 Å². The zero-order valence-electron chi connectivity index (χ0n) is 9.04. The van der Waals surface area contributed by atoms with Gasteiger partial charge in [0.15, 0.2) is 18.6 Å². The van der Waals surface area contributed by atoms with E-state index in [0.29, 0.717) is 5.71 Å². The Labute approximate surface area is 98.4 Å².